The molecule has 0 bridgehead atoms. The third-order valence-corrected chi connectivity index (χ3v) is 7.08. The predicted octanol–water partition coefficient (Wildman–Crippen LogP) is 5.54. The predicted molar refractivity (Wildman–Crippen MR) is 125 cm³/mol. The van der Waals surface area contributed by atoms with E-state index in [-0.39, 0.29) is 40.1 Å². The van der Waals surface area contributed by atoms with Gasteiger partial charge in [-0.15, -0.1) is 0 Å². The standard InChI is InChI=1S/C24H18F4N4O3S/c25-14-2-1-3-16(10-14)36(34,35)32-15-6-7-17(20(11-15)24(26,27)28)19-12-21(31-23(33)13-4-5-13)30-22-18(19)8-9-29-22/h1-3,6-13,32H,4-5H2,(H2,29,30,31,33). The van der Waals surface area contributed by atoms with Crippen molar-refractivity contribution in [3.8, 4) is 11.1 Å². The van der Waals surface area contributed by atoms with Crippen molar-refractivity contribution in [3.05, 3.63) is 72.2 Å². The number of hydrogen-bond acceptors (Lipinski definition) is 4. The van der Waals surface area contributed by atoms with Gasteiger partial charge in [-0.25, -0.2) is 17.8 Å². The van der Waals surface area contributed by atoms with Gasteiger partial charge >= 0.3 is 6.18 Å². The first kappa shape index (κ1) is 23.8. The zero-order valence-corrected chi connectivity index (χ0v) is 19.2. The number of nitrogens with zero attached hydrogens (tertiary/aromatic N) is 1. The summed E-state index contributed by atoms with van der Waals surface area (Å²) in [7, 11) is -4.34. The van der Waals surface area contributed by atoms with Gasteiger partial charge in [-0.2, -0.15) is 13.2 Å². The van der Waals surface area contributed by atoms with Crippen LogP contribution in [0.4, 0.5) is 29.1 Å². The van der Waals surface area contributed by atoms with E-state index >= 15 is 0 Å². The molecule has 2 aromatic heterocycles. The average molecular weight is 518 g/mol. The van der Waals surface area contributed by atoms with Crippen LogP contribution in [0.25, 0.3) is 22.2 Å². The Bertz CT molecular complexity index is 1590. The van der Waals surface area contributed by atoms with Gasteiger partial charge in [-0.3, -0.25) is 9.52 Å². The number of pyridine rings is 1. The lowest BCUT2D eigenvalue weighted by atomic mass is 9.97. The highest BCUT2D eigenvalue weighted by Gasteiger charge is 2.35. The molecule has 1 amide bonds. The number of carbonyl (C=O) groups excluding carboxylic acids is 1. The Morgan fingerprint density at radius 3 is 2.50 bits per heavy atom. The zero-order valence-electron chi connectivity index (χ0n) is 18.4. The topological polar surface area (TPSA) is 104 Å². The first-order valence-electron chi connectivity index (χ1n) is 10.8. The van der Waals surface area contributed by atoms with Crippen LogP contribution >= 0.6 is 0 Å². The van der Waals surface area contributed by atoms with Gasteiger partial charge in [0.15, 0.2) is 0 Å². The van der Waals surface area contributed by atoms with Crippen molar-refractivity contribution in [2.45, 2.75) is 23.9 Å². The van der Waals surface area contributed by atoms with Crippen LogP contribution in [-0.4, -0.2) is 24.3 Å². The van der Waals surface area contributed by atoms with Gasteiger partial charge in [0.25, 0.3) is 10.0 Å². The molecule has 1 fully saturated rings. The molecule has 2 heterocycles. The van der Waals surface area contributed by atoms with E-state index < -0.39 is 32.5 Å². The maximum atomic E-state index is 14.2. The highest BCUT2D eigenvalue weighted by molar-refractivity contribution is 7.92. The summed E-state index contributed by atoms with van der Waals surface area (Å²) in [4.78, 5) is 18.9. The van der Waals surface area contributed by atoms with Gasteiger partial charge < -0.3 is 10.3 Å². The van der Waals surface area contributed by atoms with Crippen molar-refractivity contribution >= 4 is 38.5 Å². The first-order valence-corrected chi connectivity index (χ1v) is 12.3. The quantitative estimate of drug-likeness (QED) is 0.292. The number of anilines is 2. The van der Waals surface area contributed by atoms with Crippen molar-refractivity contribution in [3.63, 3.8) is 0 Å². The van der Waals surface area contributed by atoms with Crippen LogP contribution in [0.3, 0.4) is 0 Å². The van der Waals surface area contributed by atoms with E-state index in [1.807, 2.05) is 0 Å². The van der Waals surface area contributed by atoms with Crippen LogP contribution in [-0.2, 0) is 21.0 Å². The van der Waals surface area contributed by atoms with E-state index in [9.17, 15) is 30.8 Å². The second-order valence-electron chi connectivity index (χ2n) is 8.38. The Morgan fingerprint density at radius 1 is 1.03 bits per heavy atom. The lowest BCUT2D eigenvalue weighted by molar-refractivity contribution is -0.137. The molecule has 186 valence electrons. The fourth-order valence-corrected chi connectivity index (χ4v) is 4.90. The second kappa shape index (κ2) is 8.63. The molecule has 5 rings (SSSR count). The number of aromatic nitrogens is 2. The lowest BCUT2D eigenvalue weighted by Gasteiger charge is -2.17. The number of halogens is 4. The molecule has 3 N–H and O–H groups in total. The van der Waals surface area contributed by atoms with E-state index in [2.05, 4.69) is 20.0 Å². The smallest absolute Gasteiger partial charge is 0.346 e. The van der Waals surface area contributed by atoms with Crippen LogP contribution in [0.5, 0.6) is 0 Å². The third kappa shape index (κ3) is 4.76. The summed E-state index contributed by atoms with van der Waals surface area (Å²) in [6.45, 7) is 0. The van der Waals surface area contributed by atoms with E-state index in [1.165, 1.54) is 24.4 Å². The van der Waals surface area contributed by atoms with Crippen LogP contribution in [0.15, 0.2) is 65.7 Å². The number of aromatic amines is 1. The fourth-order valence-electron chi connectivity index (χ4n) is 3.82. The number of rotatable bonds is 6. The molecule has 0 atom stereocenters. The maximum absolute atomic E-state index is 14.2. The van der Waals surface area contributed by atoms with Gasteiger partial charge in [0.2, 0.25) is 5.91 Å². The molecule has 0 spiro atoms. The molecule has 2 aromatic carbocycles. The molecule has 1 aliphatic carbocycles. The first-order chi connectivity index (χ1) is 17.0. The summed E-state index contributed by atoms with van der Waals surface area (Å²) in [5.74, 6) is -1.09. The Kier molecular flexibility index (Phi) is 5.70. The van der Waals surface area contributed by atoms with Gasteiger partial charge in [0.05, 0.1) is 10.5 Å². The number of benzene rings is 2. The molecular formula is C24H18F4N4O3S. The molecule has 1 aliphatic rings. The van der Waals surface area contributed by atoms with Crippen LogP contribution in [0.1, 0.15) is 18.4 Å². The minimum atomic E-state index is -4.85. The van der Waals surface area contributed by atoms with Crippen LogP contribution in [0, 0.1) is 11.7 Å². The Hall–Kier alpha value is -3.93. The van der Waals surface area contributed by atoms with E-state index in [4.69, 9.17) is 0 Å². The van der Waals surface area contributed by atoms with Crippen molar-refractivity contribution in [2.75, 3.05) is 10.0 Å². The van der Waals surface area contributed by atoms with Gasteiger partial charge in [0, 0.05) is 23.2 Å². The number of H-pyrrole nitrogens is 1. The van der Waals surface area contributed by atoms with E-state index in [0.29, 0.717) is 11.5 Å². The molecule has 7 nitrogen and oxygen atoms in total. The van der Waals surface area contributed by atoms with Crippen molar-refractivity contribution in [1.82, 2.24) is 9.97 Å². The van der Waals surface area contributed by atoms with Gasteiger partial charge in [-0.1, -0.05) is 12.1 Å². The largest absolute Gasteiger partial charge is 0.417 e. The Balaban J connectivity index is 1.58. The molecule has 1 saturated carbocycles. The highest BCUT2D eigenvalue weighted by atomic mass is 32.2. The summed E-state index contributed by atoms with van der Waals surface area (Å²) in [6, 6.07) is 10.0. The normalized spacial score (nSPS) is 14.1. The average Bonchev–Trinajstić information content (AvgIpc) is 3.56. The van der Waals surface area contributed by atoms with E-state index in [0.717, 1.165) is 37.1 Å². The number of fused-ring (bicyclic) bond motifs is 1. The Labute approximate surface area is 202 Å². The minimum Gasteiger partial charge on any atom is -0.346 e. The van der Waals surface area contributed by atoms with Gasteiger partial charge in [-0.05, 0) is 66.4 Å². The van der Waals surface area contributed by atoms with Crippen molar-refractivity contribution < 1.29 is 30.8 Å². The highest BCUT2D eigenvalue weighted by Crippen LogP contribution is 2.42. The second-order valence-corrected chi connectivity index (χ2v) is 10.1. The fraction of sp³-hybridized carbons (Fsp3) is 0.167. The summed E-state index contributed by atoms with van der Waals surface area (Å²) in [6.07, 6.45) is -1.84. The summed E-state index contributed by atoms with van der Waals surface area (Å²) < 4.78 is 83.2. The zero-order chi connectivity index (χ0) is 25.7. The van der Waals surface area contributed by atoms with Gasteiger partial charge in [0.1, 0.15) is 17.3 Å². The third-order valence-electron chi connectivity index (χ3n) is 5.70. The molecule has 0 saturated heterocycles. The summed E-state index contributed by atoms with van der Waals surface area (Å²) in [5, 5.41) is 3.03. The minimum absolute atomic E-state index is 0.0980. The molecule has 0 unspecified atom stereocenters. The number of nitrogens with one attached hydrogen (secondary N) is 3. The SMILES string of the molecule is O=C(Nc1cc(-c2ccc(NS(=O)(=O)c3cccc(F)c3)cc2C(F)(F)F)c2cc[nH]c2n1)C1CC1. The number of sulfonamides is 1. The Morgan fingerprint density at radius 2 is 1.81 bits per heavy atom. The monoisotopic (exact) mass is 518 g/mol. The lowest BCUT2D eigenvalue weighted by Crippen LogP contribution is -2.15. The molecule has 0 radical (unpaired) electrons. The number of amides is 1. The van der Waals surface area contributed by atoms with Crippen LogP contribution < -0.4 is 10.0 Å². The molecular weight excluding hydrogens is 500 g/mol. The molecule has 0 aliphatic heterocycles. The van der Waals surface area contributed by atoms with E-state index in [1.54, 1.807) is 6.07 Å². The summed E-state index contributed by atoms with van der Waals surface area (Å²) in [5.41, 5.74) is -1.25. The maximum Gasteiger partial charge on any atom is 0.417 e. The molecule has 36 heavy (non-hydrogen) atoms. The number of alkyl halides is 3. The number of hydrogen-bond donors (Lipinski definition) is 3. The number of carbonyl (C=O) groups is 1. The molecule has 12 heteroatoms. The molecule has 4 aromatic rings. The van der Waals surface area contributed by atoms with Crippen molar-refractivity contribution in [1.29, 1.82) is 0 Å². The van der Waals surface area contributed by atoms with Crippen LogP contribution in [0.2, 0.25) is 0 Å². The summed E-state index contributed by atoms with van der Waals surface area (Å²) >= 11 is 0. The van der Waals surface area contributed by atoms with Crippen molar-refractivity contribution in [2.24, 2.45) is 5.92 Å².